The number of rotatable bonds is 4. The summed E-state index contributed by atoms with van der Waals surface area (Å²) in [7, 11) is 2.01. The Morgan fingerprint density at radius 2 is 1.96 bits per heavy atom. The Labute approximate surface area is 134 Å². The fourth-order valence-corrected chi connectivity index (χ4v) is 3.11. The predicted octanol–water partition coefficient (Wildman–Crippen LogP) is 3.57. The van der Waals surface area contributed by atoms with E-state index in [1.165, 1.54) is 43.5 Å². The molecule has 1 heterocycles. The largest absolute Gasteiger partial charge is 0.368 e. The SMILES string of the molecule is CN(c1c[nH]nc1C(=O)Nc1ccc(F)cc1)C1CCCCC1. The van der Waals surface area contributed by atoms with Crippen LogP contribution in [0.2, 0.25) is 0 Å². The minimum atomic E-state index is -0.333. The molecule has 0 saturated heterocycles. The molecule has 2 aromatic rings. The molecule has 2 N–H and O–H groups in total. The number of amides is 1. The number of anilines is 2. The lowest BCUT2D eigenvalue weighted by atomic mass is 9.94. The van der Waals surface area contributed by atoms with E-state index in [4.69, 9.17) is 0 Å². The van der Waals surface area contributed by atoms with Gasteiger partial charge in [-0.25, -0.2) is 4.39 Å². The summed E-state index contributed by atoms with van der Waals surface area (Å²) >= 11 is 0. The van der Waals surface area contributed by atoms with Crippen LogP contribution in [0.15, 0.2) is 30.5 Å². The molecule has 6 heteroatoms. The lowest BCUT2D eigenvalue weighted by molar-refractivity contribution is 0.102. The first-order valence-corrected chi connectivity index (χ1v) is 7.98. The highest BCUT2D eigenvalue weighted by Crippen LogP contribution is 2.27. The fourth-order valence-electron chi connectivity index (χ4n) is 3.11. The van der Waals surface area contributed by atoms with Gasteiger partial charge in [-0.05, 0) is 37.1 Å². The van der Waals surface area contributed by atoms with Gasteiger partial charge in [0.2, 0.25) is 0 Å². The van der Waals surface area contributed by atoms with Crippen molar-refractivity contribution in [3.05, 3.63) is 42.0 Å². The van der Waals surface area contributed by atoms with E-state index in [9.17, 15) is 9.18 Å². The van der Waals surface area contributed by atoms with Crippen molar-refractivity contribution in [3.63, 3.8) is 0 Å². The van der Waals surface area contributed by atoms with Crippen molar-refractivity contribution in [3.8, 4) is 0 Å². The van der Waals surface area contributed by atoms with Crippen LogP contribution in [0.25, 0.3) is 0 Å². The second kappa shape index (κ2) is 6.81. The number of H-pyrrole nitrogens is 1. The van der Waals surface area contributed by atoms with Gasteiger partial charge in [0, 0.05) is 25.0 Å². The molecule has 1 aromatic heterocycles. The second-order valence-electron chi connectivity index (χ2n) is 5.98. The minimum Gasteiger partial charge on any atom is -0.368 e. The third-order valence-electron chi connectivity index (χ3n) is 4.44. The van der Waals surface area contributed by atoms with Crippen molar-refractivity contribution < 1.29 is 9.18 Å². The van der Waals surface area contributed by atoms with E-state index in [0.717, 1.165) is 18.5 Å². The predicted molar refractivity (Wildman–Crippen MR) is 88.2 cm³/mol. The smallest absolute Gasteiger partial charge is 0.278 e. The molecule has 1 aromatic carbocycles. The number of aromatic amines is 1. The zero-order chi connectivity index (χ0) is 16.2. The summed E-state index contributed by atoms with van der Waals surface area (Å²) in [6.45, 7) is 0. The van der Waals surface area contributed by atoms with E-state index in [1.807, 2.05) is 7.05 Å². The Morgan fingerprint density at radius 1 is 1.26 bits per heavy atom. The molecule has 5 nitrogen and oxygen atoms in total. The molecule has 0 bridgehead atoms. The van der Waals surface area contributed by atoms with Crippen LogP contribution in [0.5, 0.6) is 0 Å². The maximum atomic E-state index is 12.9. The van der Waals surface area contributed by atoms with Crippen molar-refractivity contribution in [2.24, 2.45) is 0 Å². The summed E-state index contributed by atoms with van der Waals surface area (Å²) < 4.78 is 12.9. The molecule has 0 spiro atoms. The molecule has 1 aliphatic carbocycles. The molecule has 0 radical (unpaired) electrons. The molecule has 1 fully saturated rings. The summed E-state index contributed by atoms with van der Waals surface area (Å²) in [5.74, 6) is -0.629. The highest BCUT2D eigenvalue weighted by atomic mass is 19.1. The van der Waals surface area contributed by atoms with E-state index in [1.54, 1.807) is 6.20 Å². The highest BCUT2D eigenvalue weighted by Gasteiger charge is 2.24. The van der Waals surface area contributed by atoms with Gasteiger partial charge in [0.1, 0.15) is 5.82 Å². The average molecular weight is 316 g/mol. The van der Waals surface area contributed by atoms with Crippen LogP contribution in [0.3, 0.4) is 0 Å². The van der Waals surface area contributed by atoms with E-state index in [2.05, 4.69) is 20.4 Å². The Hall–Kier alpha value is -2.37. The molecular formula is C17H21FN4O. The van der Waals surface area contributed by atoms with Crippen LogP contribution in [0, 0.1) is 5.82 Å². The molecule has 0 atom stereocenters. The minimum absolute atomic E-state index is 0.296. The number of carbonyl (C=O) groups excluding carboxylic acids is 1. The third-order valence-corrected chi connectivity index (χ3v) is 4.44. The normalized spacial score (nSPS) is 15.4. The molecule has 1 amide bonds. The topological polar surface area (TPSA) is 61.0 Å². The van der Waals surface area contributed by atoms with Gasteiger partial charge in [-0.2, -0.15) is 5.10 Å². The zero-order valence-electron chi connectivity index (χ0n) is 13.2. The maximum absolute atomic E-state index is 12.9. The van der Waals surface area contributed by atoms with Crippen molar-refractivity contribution >= 4 is 17.3 Å². The Balaban J connectivity index is 1.74. The van der Waals surface area contributed by atoms with E-state index in [0.29, 0.717) is 17.4 Å². The monoisotopic (exact) mass is 316 g/mol. The van der Waals surface area contributed by atoms with Gasteiger partial charge >= 0.3 is 0 Å². The number of hydrogen-bond acceptors (Lipinski definition) is 3. The molecule has 23 heavy (non-hydrogen) atoms. The first kappa shape index (κ1) is 15.5. The number of halogens is 1. The third kappa shape index (κ3) is 3.52. The van der Waals surface area contributed by atoms with Crippen molar-refractivity contribution in [1.29, 1.82) is 0 Å². The molecule has 1 aliphatic rings. The van der Waals surface area contributed by atoms with Crippen LogP contribution < -0.4 is 10.2 Å². The summed E-state index contributed by atoms with van der Waals surface area (Å²) in [4.78, 5) is 14.6. The number of nitrogens with one attached hydrogen (secondary N) is 2. The Bertz CT molecular complexity index is 661. The van der Waals surface area contributed by atoms with Gasteiger partial charge in [-0.3, -0.25) is 9.89 Å². The Kier molecular flexibility index (Phi) is 4.60. The van der Waals surface area contributed by atoms with Crippen LogP contribution in [-0.2, 0) is 0 Å². The lowest BCUT2D eigenvalue weighted by Crippen LogP contribution is -2.34. The van der Waals surface area contributed by atoms with Gasteiger partial charge in [-0.1, -0.05) is 19.3 Å². The number of benzene rings is 1. The standard InChI is InChI=1S/C17H21FN4O/c1-22(14-5-3-2-4-6-14)15-11-19-21-16(15)17(23)20-13-9-7-12(18)8-10-13/h7-11,14H,2-6H2,1H3,(H,19,21)(H,20,23). The zero-order valence-corrected chi connectivity index (χ0v) is 13.2. The number of aromatic nitrogens is 2. The van der Waals surface area contributed by atoms with Crippen molar-refractivity contribution in [2.45, 2.75) is 38.1 Å². The summed E-state index contributed by atoms with van der Waals surface area (Å²) in [6, 6.07) is 6.14. The van der Waals surface area contributed by atoms with Crippen LogP contribution in [-0.4, -0.2) is 29.2 Å². The first-order chi connectivity index (χ1) is 11.1. The van der Waals surface area contributed by atoms with Gasteiger partial charge in [-0.15, -0.1) is 0 Å². The first-order valence-electron chi connectivity index (χ1n) is 7.98. The van der Waals surface area contributed by atoms with Gasteiger partial charge in [0.15, 0.2) is 5.69 Å². The number of carbonyl (C=O) groups is 1. The van der Waals surface area contributed by atoms with Crippen molar-refractivity contribution in [2.75, 3.05) is 17.3 Å². The molecule has 0 aliphatic heterocycles. The van der Waals surface area contributed by atoms with Crippen LogP contribution in [0.1, 0.15) is 42.6 Å². The fraction of sp³-hybridized carbons (Fsp3) is 0.412. The lowest BCUT2D eigenvalue weighted by Gasteiger charge is -2.32. The van der Waals surface area contributed by atoms with Gasteiger partial charge < -0.3 is 10.2 Å². The molecule has 3 rings (SSSR count). The summed E-state index contributed by atoms with van der Waals surface area (Å²) in [5.41, 5.74) is 1.71. The maximum Gasteiger partial charge on any atom is 0.278 e. The Morgan fingerprint density at radius 3 is 2.65 bits per heavy atom. The summed E-state index contributed by atoms with van der Waals surface area (Å²) in [5, 5.41) is 9.63. The van der Waals surface area contributed by atoms with Gasteiger partial charge in [0.05, 0.1) is 5.69 Å². The average Bonchev–Trinajstić information content (AvgIpc) is 3.07. The molecule has 1 saturated carbocycles. The number of hydrogen-bond donors (Lipinski definition) is 2. The van der Waals surface area contributed by atoms with E-state index < -0.39 is 0 Å². The molecule has 122 valence electrons. The van der Waals surface area contributed by atoms with Crippen LogP contribution >= 0.6 is 0 Å². The molecular weight excluding hydrogens is 295 g/mol. The quantitative estimate of drug-likeness (QED) is 0.906. The van der Waals surface area contributed by atoms with Crippen LogP contribution in [0.4, 0.5) is 15.8 Å². The highest BCUT2D eigenvalue weighted by molar-refractivity contribution is 6.06. The summed E-state index contributed by atoms with van der Waals surface area (Å²) in [6.07, 6.45) is 7.77. The molecule has 0 unspecified atom stereocenters. The second-order valence-corrected chi connectivity index (χ2v) is 5.98. The number of nitrogens with zero attached hydrogens (tertiary/aromatic N) is 2. The van der Waals surface area contributed by atoms with Crippen molar-refractivity contribution in [1.82, 2.24) is 10.2 Å². The van der Waals surface area contributed by atoms with E-state index in [-0.39, 0.29) is 11.7 Å². The van der Waals surface area contributed by atoms with E-state index >= 15 is 0 Å². The van der Waals surface area contributed by atoms with Gasteiger partial charge in [0.25, 0.3) is 5.91 Å².